The molecule has 1 aliphatic heterocycles. The van der Waals surface area contributed by atoms with Crippen molar-refractivity contribution in [2.45, 2.75) is 12.6 Å². The maximum absolute atomic E-state index is 13.0. The molecular weight excluding hydrogens is 412 g/mol. The van der Waals surface area contributed by atoms with Crippen molar-refractivity contribution < 1.29 is 14.3 Å². The van der Waals surface area contributed by atoms with E-state index in [0.717, 1.165) is 30.0 Å². The summed E-state index contributed by atoms with van der Waals surface area (Å²) in [4.78, 5) is 32.8. The molecule has 1 atom stereocenters. The van der Waals surface area contributed by atoms with E-state index in [4.69, 9.17) is 4.74 Å². The second-order valence-corrected chi connectivity index (χ2v) is 8.08. The number of carbonyl (C=O) groups is 2. The molecule has 2 N–H and O–H groups in total. The van der Waals surface area contributed by atoms with Crippen LogP contribution in [0.2, 0.25) is 0 Å². The number of anilines is 1. The maximum Gasteiger partial charge on any atom is 0.262 e. The van der Waals surface area contributed by atoms with E-state index < -0.39 is 6.04 Å². The molecule has 0 saturated carbocycles. The number of aromatic nitrogens is 1. The SMILES string of the molecule is O=C(N[C@@H](C(=O)NCc1ccc(N2CCOCC2)nc1)c1ccccc1)c1cccs1. The van der Waals surface area contributed by atoms with Gasteiger partial charge in [0, 0.05) is 25.8 Å². The van der Waals surface area contributed by atoms with Crippen LogP contribution in [0, 0.1) is 0 Å². The van der Waals surface area contributed by atoms with Crippen molar-refractivity contribution in [2.24, 2.45) is 0 Å². The highest BCUT2D eigenvalue weighted by atomic mass is 32.1. The Kier molecular flexibility index (Phi) is 6.91. The van der Waals surface area contributed by atoms with Gasteiger partial charge in [-0.3, -0.25) is 9.59 Å². The van der Waals surface area contributed by atoms with Crippen LogP contribution in [0.4, 0.5) is 5.82 Å². The van der Waals surface area contributed by atoms with E-state index in [2.05, 4.69) is 20.5 Å². The van der Waals surface area contributed by atoms with Crippen LogP contribution in [0.5, 0.6) is 0 Å². The van der Waals surface area contributed by atoms with E-state index in [9.17, 15) is 9.59 Å². The second-order valence-electron chi connectivity index (χ2n) is 7.14. The van der Waals surface area contributed by atoms with Gasteiger partial charge in [-0.05, 0) is 28.6 Å². The first-order valence-corrected chi connectivity index (χ1v) is 11.0. The lowest BCUT2D eigenvalue weighted by Crippen LogP contribution is -2.40. The Morgan fingerprint density at radius 2 is 1.87 bits per heavy atom. The Morgan fingerprint density at radius 3 is 2.55 bits per heavy atom. The van der Waals surface area contributed by atoms with Crippen LogP contribution in [0.25, 0.3) is 0 Å². The third kappa shape index (κ3) is 5.48. The van der Waals surface area contributed by atoms with E-state index in [1.54, 1.807) is 12.3 Å². The lowest BCUT2D eigenvalue weighted by atomic mass is 10.1. The zero-order chi connectivity index (χ0) is 21.5. The molecule has 4 rings (SSSR count). The summed E-state index contributed by atoms with van der Waals surface area (Å²) in [6.45, 7) is 3.39. The van der Waals surface area contributed by atoms with E-state index in [0.29, 0.717) is 24.6 Å². The number of nitrogens with one attached hydrogen (secondary N) is 2. The normalized spacial score (nSPS) is 14.6. The summed E-state index contributed by atoms with van der Waals surface area (Å²) < 4.78 is 5.37. The van der Waals surface area contributed by atoms with Gasteiger partial charge in [0.25, 0.3) is 5.91 Å². The number of hydrogen-bond donors (Lipinski definition) is 2. The van der Waals surface area contributed by atoms with Gasteiger partial charge in [0.1, 0.15) is 11.9 Å². The smallest absolute Gasteiger partial charge is 0.262 e. The molecule has 2 amide bonds. The lowest BCUT2D eigenvalue weighted by Gasteiger charge is -2.27. The summed E-state index contributed by atoms with van der Waals surface area (Å²) in [5.74, 6) is 0.368. The molecule has 2 aromatic heterocycles. The minimum atomic E-state index is -0.781. The van der Waals surface area contributed by atoms with Gasteiger partial charge in [0.05, 0.1) is 18.1 Å². The molecule has 7 nitrogen and oxygen atoms in total. The number of amides is 2. The molecule has 3 heterocycles. The molecule has 1 aromatic carbocycles. The molecule has 0 bridgehead atoms. The Bertz CT molecular complexity index is 987. The third-order valence-electron chi connectivity index (χ3n) is 5.03. The van der Waals surface area contributed by atoms with Gasteiger partial charge in [-0.25, -0.2) is 4.98 Å². The zero-order valence-electron chi connectivity index (χ0n) is 17.0. The van der Waals surface area contributed by atoms with Crippen molar-refractivity contribution in [3.05, 3.63) is 82.2 Å². The highest BCUT2D eigenvalue weighted by Gasteiger charge is 2.23. The molecule has 8 heteroatoms. The van der Waals surface area contributed by atoms with Gasteiger partial charge in [-0.15, -0.1) is 11.3 Å². The van der Waals surface area contributed by atoms with Crippen LogP contribution in [0.3, 0.4) is 0 Å². The summed E-state index contributed by atoms with van der Waals surface area (Å²) >= 11 is 1.34. The van der Waals surface area contributed by atoms with Gasteiger partial charge in [0.15, 0.2) is 0 Å². The average Bonchev–Trinajstić information content (AvgIpc) is 3.38. The molecule has 160 valence electrons. The number of pyridine rings is 1. The Labute approximate surface area is 185 Å². The first-order chi connectivity index (χ1) is 15.2. The maximum atomic E-state index is 13.0. The Balaban J connectivity index is 1.40. The molecule has 1 saturated heterocycles. The van der Waals surface area contributed by atoms with Crippen molar-refractivity contribution >= 4 is 29.0 Å². The number of rotatable bonds is 7. The summed E-state index contributed by atoms with van der Waals surface area (Å²) in [5.41, 5.74) is 1.62. The molecule has 31 heavy (non-hydrogen) atoms. The largest absolute Gasteiger partial charge is 0.378 e. The molecule has 1 aliphatic rings. The van der Waals surface area contributed by atoms with Crippen molar-refractivity contribution in [1.29, 1.82) is 0 Å². The molecule has 0 spiro atoms. The van der Waals surface area contributed by atoms with Crippen molar-refractivity contribution in [3.8, 4) is 0 Å². The number of nitrogens with zero attached hydrogens (tertiary/aromatic N) is 2. The van der Waals surface area contributed by atoms with Crippen LogP contribution in [0.15, 0.2) is 66.2 Å². The minimum Gasteiger partial charge on any atom is -0.378 e. The first kappa shape index (κ1) is 21.0. The second kappa shape index (κ2) is 10.2. The predicted octanol–water partition coefficient (Wildman–Crippen LogP) is 2.77. The highest BCUT2D eigenvalue weighted by Crippen LogP contribution is 2.17. The van der Waals surface area contributed by atoms with Crippen LogP contribution in [-0.2, 0) is 16.1 Å². The van der Waals surface area contributed by atoms with Gasteiger partial charge < -0.3 is 20.3 Å². The lowest BCUT2D eigenvalue weighted by molar-refractivity contribution is -0.123. The average molecular weight is 437 g/mol. The van der Waals surface area contributed by atoms with Crippen molar-refractivity contribution in [2.75, 3.05) is 31.2 Å². The van der Waals surface area contributed by atoms with E-state index in [1.807, 2.05) is 53.9 Å². The number of thiophene rings is 1. The zero-order valence-corrected chi connectivity index (χ0v) is 17.8. The number of benzene rings is 1. The van der Waals surface area contributed by atoms with Gasteiger partial charge in [0.2, 0.25) is 5.91 Å². The van der Waals surface area contributed by atoms with Crippen LogP contribution < -0.4 is 15.5 Å². The van der Waals surface area contributed by atoms with E-state index in [-0.39, 0.29) is 11.8 Å². The molecule has 0 unspecified atom stereocenters. The first-order valence-electron chi connectivity index (χ1n) is 10.2. The Hall–Kier alpha value is -3.23. The van der Waals surface area contributed by atoms with Gasteiger partial charge >= 0.3 is 0 Å². The standard InChI is InChI=1S/C23H24N4O3S/c28-22(19-7-4-14-31-19)26-21(18-5-2-1-3-6-18)23(29)25-16-17-8-9-20(24-15-17)27-10-12-30-13-11-27/h1-9,14-15,21H,10-13,16H2,(H,25,29)(H,26,28)/t21-/m1/s1. The molecule has 0 radical (unpaired) electrons. The number of morpholine rings is 1. The molecular formula is C23H24N4O3S. The highest BCUT2D eigenvalue weighted by molar-refractivity contribution is 7.12. The molecule has 3 aromatic rings. The molecule has 0 aliphatic carbocycles. The van der Waals surface area contributed by atoms with Crippen LogP contribution in [-0.4, -0.2) is 43.1 Å². The summed E-state index contributed by atoms with van der Waals surface area (Å²) in [6.07, 6.45) is 1.77. The fourth-order valence-electron chi connectivity index (χ4n) is 3.35. The summed E-state index contributed by atoms with van der Waals surface area (Å²) in [6, 6.07) is 15.9. The third-order valence-corrected chi connectivity index (χ3v) is 5.90. The van der Waals surface area contributed by atoms with Crippen molar-refractivity contribution in [1.82, 2.24) is 15.6 Å². The van der Waals surface area contributed by atoms with E-state index >= 15 is 0 Å². The predicted molar refractivity (Wildman–Crippen MR) is 120 cm³/mol. The minimum absolute atomic E-state index is 0.268. The number of ether oxygens (including phenoxy) is 1. The fourth-order valence-corrected chi connectivity index (χ4v) is 3.97. The van der Waals surface area contributed by atoms with Gasteiger partial charge in [-0.1, -0.05) is 42.5 Å². The topological polar surface area (TPSA) is 83.6 Å². The van der Waals surface area contributed by atoms with E-state index in [1.165, 1.54) is 11.3 Å². The van der Waals surface area contributed by atoms with Crippen LogP contribution in [0.1, 0.15) is 26.8 Å². The van der Waals surface area contributed by atoms with Gasteiger partial charge in [-0.2, -0.15) is 0 Å². The monoisotopic (exact) mass is 436 g/mol. The quantitative estimate of drug-likeness (QED) is 0.595. The number of carbonyl (C=O) groups excluding carboxylic acids is 2. The summed E-state index contributed by atoms with van der Waals surface area (Å²) in [7, 11) is 0. The molecule has 1 fully saturated rings. The summed E-state index contributed by atoms with van der Waals surface area (Å²) in [5, 5.41) is 7.61. The Morgan fingerprint density at radius 1 is 1.06 bits per heavy atom. The van der Waals surface area contributed by atoms with Crippen LogP contribution >= 0.6 is 11.3 Å². The fraction of sp³-hybridized carbons (Fsp3) is 0.261. The number of hydrogen-bond acceptors (Lipinski definition) is 6. The van der Waals surface area contributed by atoms with Crippen molar-refractivity contribution in [3.63, 3.8) is 0 Å².